The van der Waals surface area contributed by atoms with Crippen LogP contribution < -0.4 is 10.2 Å². The van der Waals surface area contributed by atoms with E-state index in [4.69, 9.17) is 4.52 Å². The molecule has 1 aliphatic heterocycles. The van der Waals surface area contributed by atoms with Gasteiger partial charge in [-0.2, -0.15) is 4.98 Å². The Kier molecular flexibility index (Phi) is 7.57. The van der Waals surface area contributed by atoms with Gasteiger partial charge in [0.2, 0.25) is 11.8 Å². The molecule has 0 spiro atoms. The fourth-order valence-electron chi connectivity index (χ4n) is 3.33. The highest BCUT2D eigenvalue weighted by Crippen LogP contribution is 2.16. The summed E-state index contributed by atoms with van der Waals surface area (Å²) in [5.74, 6) is 1.40. The van der Waals surface area contributed by atoms with Crippen LogP contribution in [0.1, 0.15) is 44.3 Å². The summed E-state index contributed by atoms with van der Waals surface area (Å²) in [7, 11) is 0. The van der Waals surface area contributed by atoms with Crippen LogP contribution in [0, 0.1) is 5.82 Å². The van der Waals surface area contributed by atoms with Gasteiger partial charge < -0.3 is 14.7 Å². The Hall–Kier alpha value is -2.48. The zero-order valence-electron chi connectivity index (χ0n) is 17.2. The predicted molar refractivity (Wildman–Crippen MR) is 109 cm³/mol. The van der Waals surface area contributed by atoms with E-state index in [1.165, 1.54) is 12.1 Å². The van der Waals surface area contributed by atoms with Crippen molar-refractivity contribution in [3.8, 4) is 0 Å². The molecule has 158 valence electrons. The van der Waals surface area contributed by atoms with Crippen molar-refractivity contribution < 1.29 is 13.7 Å². The van der Waals surface area contributed by atoms with Crippen LogP contribution in [-0.4, -0.2) is 60.2 Å². The molecule has 0 unspecified atom stereocenters. The smallest absolute Gasteiger partial charge is 0.226 e. The first kappa shape index (κ1) is 21.2. The monoisotopic (exact) mass is 403 g/mol. The molecule has 1 fully saturated rings. The van der Waals surface area contributed by atoms with E-state index in [1.54, 1.807) is 0 Å². The predicted octanol–water partition coefficient (Wildman–Crippen LogP) is 2.59. The molecule has 1 amide bonds. The maximum atomic E-state index is 13.0. The fourth-order valence-corrected chi connectivity index (χ4v) is 3.33. The molecule has 1 aromatic heterocycles. The summed E-state index contributed by atoms with van der Waals surface area (Å²) in [5, 5.41) is 6.92. The van der Waals surface area contributed by atoms with Crippen molar-refractivity contribution in [2.24, 2.45) is 0 Å². The van der Waals surface area contributed by atoms with Crippen molar-refractivity contribution >= 4 is 11.6 Å². The van der Waals surface area contributed by atoms with Gasteiger partial charge in [-0.25, -0.2) is 4.39 Å². The fraction of sp³-hybridized carbons (Fsp3) is 0.571. The second-order valence-electron chi connectivity index (χ2n) is 7.71. The number of hydrogen-bond acceptors (Lipinski definition) is 6. The Morgan fingerprint density at radius 1 is 1.21 bits per heavy atom. The minimum atomic E-state index is -0.208. The van der Waals surface area contributed by atoms with Gasteiger partial charge in [-0.3, -0.25) is 9.69 Å². The number of nitrogens with one attached hydrogen (secondary N) is 1. The molecule has 2 heterocycles. The van der Waals surface area contributed by atoms with Crippen molar-refractivity contribution in [2.45, 2.75) is 39.0 Å². The molecule has 8 heteroatoms. The van der Waals surface area contributed by atoms with Crippen LogP contribution in [-0.2, 0) is 11.2 Å². The number of hydrogen-bond donors (Lipinski definition) is 1. The van der Waals surface area contributed by atoms with Gasteiger partial charge in [0, 0.05) is 63.7 Å². The van der Waals surface area contributed by atoms with Gasteiger partial charge in [0.25, 0.3) is 0 Å². The molecule has 0 radical (unpaired) electrons. The summed E-state index contributed by atoms with van der Waals surface area (Å²) >= 11 is 0. The Morgan fingerprint density at radius 3 is 2.59 bits per heavy atom. The van der Waals surface area contributed by atoms with Gasteiger partial charge in [-0.15, -0.1) is 0 Å². The topological polar surface area (TPSA) is 74.5 Å². The summed E-state index contributed by atoms with van der Waals surface area (Å²) < 4.78 is 18.2. The molecule has 0 aliphatic carbocycles. The minimum absolute atomic E-state index is 0.0542. The molecular formula is C21H30FN5O2. The summed E-state index contributed by atoms with van der Waals surface area (Å²) in [6.45, 7) is 9.20. The molecule has 0 atom stereocenters. The molecule has 0 saturated carbocycles. The van der Waals surface area contributed by atoms with Crippen molar-refractivity contribution in [3.05, 3.63) is 41.8 Å². The molecular weight excluding hydrogens is 373 g/mol. The third kappa shape index (κ3) is 6.52. The SMILES string of the molecule is CC(C)c1noc(CCCC(=O)NCCN2CCN(c3ccc(F)cc3)CC2)n1. The highest BCUT2D eigenvalue weighted by atomic mass is 19.1. The number of aryl methyl sites for hydroxylation is 1. The molecule has 1 saturated heterocycles. The van der Waals surface area contributed by atoms with Gasteiger partial charge in [-0.1, -0.05) is 19.0 Å². The van der Waals surface area contributed by atoms with E-state index < -0.39 is 0 Å². The van der Waals surface area contributed by atoms with Crippen LogP contribution in [0.25, 0.3) is 0 Å². The lowest BCUT2D eigenvalue weighted by atomic mass is 10.2. The molecule has 1 aromatic carbocycles. The zero-order chi connectivity index (χ0) is 20.6. The lowest BCUT2D eigenvalue weighted by molar-refractivity contribution is -0.121. The number of anilines is 1. The Labute approximate surface area is 171 Å². The number of amides is 1. The maximum absolute atomic E-state index is 13.0. The third-order valence-electron chi connectivity index (χ3n) is 5.11. The number of nitrogens with zero attached hydrogens (tertiary/aromatic N) is 4. The number of carbonyl (C=O) groups is 1. The van der Waals surface area contributed by atoms with E-state index >= 15 is 0 Å². The van der Waals surface area contributed by atoms with Gasteiger partial charge in [0.05, 0.1) is 0 Å². The van der Waals surface area contributed by atoms with E-state index in [0.29, 0.717) is 37.5 Å². The standard InChI is InChI=1S/C21H30FN5O2/c1-16(2)21-24-20(29-25-21)5-3-4-19(28)23-10-11-26-12-14-27(15-13-26)18-8-6-17(22)7-9-18/h6-9,16H,3-5,10-15H2,1-2H3,(H,23,28). The minimum Gasteiger partial charge on any atom is -0.369 e. The highest BCUT2D eigenvalue weighted by molar-refractivity contribution is 5.75. The molecule has 0 bridgehead atoms. The Bertz CT molecular complexity index is 770. The Morgan fingerprint density at radius 2 is 1.93 bits per heavy atom. The van der Waals surface area contributed by atoms with Gasteiger partial charge in [0.1, 0.15) is 5.82 Å². The summed E-state index contributed by atoms with van der Waals surface area (Å²) in [6, 6.07) is 6.64. The van der Waals surface area contributed by atoms with E-state index in [0.717, 1.165) is 38.4 Å². The molecule has 7 nitrogen and oxygen atoms in total. The zero-order valence-corrected chi connectivity index (χ0v) is 17.2. The lowest BCUT2D eigenvalue weighted by Gasteiger charge is -2.36. The van der Waals surface area contributed by atoms with Crippen LogP contribution in [0.5, 0.6) is 0 Å². The number of benzene rings is 1. The van der Waals surface area contributed by atoms with Crippen molar-refractivity contribution in [1.82, 2.24) is 20.4 Å². The van der Waals surface area contributed by atoms with Gasteiger partial charge in [-0.05, 0) is 30.7 Å². The summed E-state index contributed by atoms with van der Waals surface area (Å²) in [5.41, 5.74) is 1.06. The van der Waals surface area contributed by atoms with Crippen LogP contribution in [0.4, 0.5) is 10.1 Å². The second-order valence-corrected chi connectivity index (χ2v) is 7.71. The first-order valence-electron chi connectivity index (χ1n) is 10.3. The second kappa shape index (κ2) is 10.3. The number of rotatable bonds is 9. The number of piperazine rings is 1. The van der Waals surface area contributed by atoms with E-state index in [-0.39, 0.29) is 17.6 Å². The number of aromatic nitrogens is 2. The first-order chi connectivity index (χ1) is 14.0. The average Bonchev–Trinajstić information content (AvgIpc) is 3.19. The lowest BCUT2D eigenvalue weighted by Crippen LogP contribution is -2.48. The highest BCUT2D eigenvalue weighted by Gasteiger charge is 2.17. The van der Waals surface area contributed by atoms with E-state index in [9.17, 15) is 9.18 Å². The van der Waals surface area contributed by atoms with Crippen molar-refractivity contribution in [3.63, 3.8) is 0 Å². The maximum Gasteiger partial charge on any atom is 0.226 e. The van der Waals surface area contributed by atoms with Crippen molar-refractivity contribution in [2.75, 3.05) is 44.2 Å². The molecule has 2 aromatic rings. The largest absolute Gasteiger partial charge is 0.369 e. The summed E-state index contributed by atoms with van der Waals surface area (Å²) in [4.78, 5) is 20.9. The van der Waals surface area contributed by atoms with Crippen LogP contribution >= 0.6 is 0 Å². The van der Waals surface area contributed by atoms with E-state index in [1.807, 2.05) is 26.0 Å². The molecule has 29 heavy (non-hydrogen) atoms. The molecule has 1 N–H and O–H groups in total. The normalized spacial score (nSPS) is 15.1. The quantitative estimate of drug-likeness (QED) is 0.694. The Balaban J connectivity index is 1.27. The third-order valence-corrected chi connectivity index (χ3v) is 5.11. The van der Waals surface area contributed by atoms with Gasteiger partial charge >= 0.3 is 0 Å². The molecule has 1 aliphatic rings. The molecule has 3 rings (SSSR count). The summed E-state index contributed by atoms with van der Waals surface area (Å²) in [6.07, 6.45) is 1.78. The van der Waals surface area contributed by atoms with Crippen LogP contribution in [0.2, 0.25) is 0 Å². The number of carbonyl (C=O) groups excluding carboxylic acids is 1. The van der Waals surface area contributed by atoms with Crippen LogP contribution in [0.3, 0.4) is 0 Å². The van der Waals surface area contributed by atoms with E-state index in [2.05, 4.69) is 25.3 Å². The average molecular weight is 404 g/mol. The first-order valence-corrected chi connectivity index (χ1v) is 10.3. The van der Waals surface area contributed by atoms with Gasteiger partial charge in [0.15, 0.2) is 5.82 Å². The van der Waals surface area contributed by atoms with Crippen molar-refractivity contribution in [1.29, 1.82) is 0 Å². The number of halogens is 1. The van der Waals surface area contributed by atoms with Crippen LogP contribution in [0.15, 0.2) is 28.8 Å².